The normalized spacial score (nSPS) is 9.70. The summed E-state index contributed by atoms with van der Waals surface area (Å²) >= 11 is 0. The fourth-order valence-corrected chi connectivity index (χ4v) is 2.38. The Balaban J connectivity index is 2.01. The molecule has 0 aromatic heterocycles. The standard InChI is InChI=1S/C19H19N3O5/c1-25-15-4-3-5-16(26-2)18(15)19(24)22-14-8-6-13(7-9-14)10-11-27-17(23)12-21-20/h3-9,12H,10-11H2,1-2H3,(H,22,24). The maximum atomic E-state index is 12.6. The van der Waals surface area contributed by atoms with Crippen molar-refractivity contribution in [3.63, 3.8) is 0 Å². The molecule has 0 heterocycles. The summed E-state index contributed by atoms with van der Waals surface area (Å²) < 4.78 is 15.3. The summed E-state index contributed by atoms with van der Waals surface area (Å²) in [6, 6.07) is 12.2. The van der Waals surface area contributed by atoms with Gasteiger partial charge in [0.25, 0.3) is 5.91 Å². The Bertz CT molecular complexity index is 836. The molecule has 0 aliphatic rings. The Hall–Kier alpha value is -3.64. The first-order valence-corrected chi connectivity index (χ1v) is 8.04. The SMILES string of the molecule is COc1cccc(OC)c1C(=O)Nc1ccc(CCOC(=O)C=[N+]=[N-])cc1. The molecule has 0 unspecified atom stereocenters. The summed E-state index contributed by atoms with van der Waals surface area (Å²) in [7, 11) is 2.97. The second-order valence-corrected chi connectivity index (χ2v) is 5.35. The maximum absolute atomic E-state index is 12.6. The van der Waals surface area contributed by atoms with Gasteiger partial charge >= 0.3 is 12.2 Å². The van der Waals surface area contributed by atoms with E-state index in [-0.39, 0.29) is 12.5 Å². The molecule has 2 aromatic carbocycles. The molecule has 2 aromatic rings. The zero-order chi connectivity index (χ0) is 19.6. The van der Waals surface area contributed by atoms with E-state index in [0.29, 0.717) is 35.4 Å². The van der Waals surface area contributed by atoms with Crippen LogP contribution in [0.25, 0.3) is 5.53 Å². The van der Waals surface area contributed by atoms with Gasteiger partial charge in [-0.05, 0) is 29.8 Å². The zero-order valence-corrected chi connectivity index (χ0v) is 15.0. The lowest BCUT2D eigenvalue weighted by molar-refractivity contribution is -0.138. The summed E-state index contributed by atoms with van der Waals surface area (Å²) in [4.78, 5) is 26.2. The topological polar surface area (TPSA) is 110 Å². The van der Waals surface area contributed by atoms with Gasteiger partial charge in [0.1, 0.15) is 17.1 Å². The summed E-state index contributed by atoms with van der Waals surface area (Å²) in [6.07, 6.45) is 1.17. The van der Waals surface area contributed by atoms with Crippen molar-refractivity contribution in [1.29, 1.82) is 0 Å². The van der Waals surface area contributed by atoms with E-state index in [1.807, 2.05) is 12.1 Å². The van der Waals surface area contributed by atoms with E-state index in [4.69, 9.17) is 19.7 Å². The predicted molar refractivity (Wildman–Crippen MR) is 98.3 cm³/mol. The first-order chi connectivity index (χ1) is 13.1. The van der Waals surface area contributed by atoms with Crippen molar-refractivity contribution in [1.82, 2.24) is 0 Å². The van der Waals surface area contributed by atoms with Crippen LogP contribution in [-0.4, -0.2) is 43.7 Å². The monoisotopic (exact) mass is 369 g/mol. The minimum absolute atomic E-state index is 0.148. The number of esters is 1. The minimum atomic E-state index is -0.716. The second-order valence-electron chi connectivity index (χ2n) is 5.35. The number of hydrogen-bond donors (Lipinski definition) is 1. The molecule has 0 aliphatic heterocycles. The fourth-order valence-electron chi connectivity index (χ4n) is 2.38. The number of nitrogens with zero attached hydrogens (tertiary/aromatic N) is 2. The molecule has 0 atom stereocenters. The highest BCUT2D eigenvalue weighted by atomic mass is 16.5. The lowest BCUT2D eigenvalue weighted by atomic mass is 10.1. The van der Waals surface area contributed by atoms with Gasteiger partial charge in [-0.25, -0.2) is 4.79 Å². The second kappa shape index (κ2) is 9.74. The number of hydrogen-bond acceptors (Lipinski definition) is 5. The molecule has 0 aliphatic carbocycles. The molecule has 140 valence electrons. The first kappa shape index (κ1) is 19.7. The molecule has 2 rings (SSSR count). The van der Waals surface area contributed by atoms with Crippen molar-refractivity contribution >= 4 is 23.8 Å². The van der Waals surface area contributed by atoms with Crippen LogP contribution in [0.3, 0.4) is 0 Å². The number of anilines is 1. The van der Waals surface area contributed by atoms with E-state index >= 15 is 0 Å². The third-order valence-corrected chi connectivity index (χ3v) is 3.66. The summed E-state index contributed by atoms with van der Waals surface area (Å²) in [5, 5.41) is 2.80. The van der Waals surface area contributed by atoms with Gasteiger partial charge in [0.05, 0.1) is 20.8 Å². The Morgan fingerprint density at radius 3 is 2.26 bits per heavy atom. The van der Waals surface area contributed by atoms with Crippen LogP contribution < -0.4 is 14.8 Å². The Kier molecular flexibility index (Phi) is 7.10. The van der Waals surface area contributed by atoms with E-state index in [2.05, 4.69) is 10.1 Å². The number of ether oxygens (including phenoxy) is 3. The molecule has 8 heteroatoms. The van der Waals surface area contributed by atoms with Gasteiger partial charge in [0, 0.05) is 12.1 Å². The van der Waals surface area contributed by atoms with Crippen molar-refractivity contribution in [3.8, 4) is 11.5 Å². The summed E-state index contributed by atoms with van der Waals surface area (Å²) in [5.74, 6) is -0.241. The molecule has 1 amide bonds. The number of rotatable bonds is 8. The van der Waals surface area contributed by atoms with Crippen molar-refractivity contribution in [3.05, 3.63) is 59.1 Å². The van der Waals surface area contributed by atoms with Crippen LogP contribution in [0.1, 0.15) is 15.9 Å². The highest BCUT2D eigenvalue weighted by Crippen LogP contribution is 2.29. The van der Waals surface area contributed by atoms with Gasteiger partial charge in [-0.15, -0.1) is 0 Å². The van der Waals surface area contributed by atoms with Gasteiger partial charge in [-0.1, -0.05) is 18.2 Å². The van der Waals surface area contributed by atoms with E-state index in [0.717, 1.165) is 5.56 Å². The minimum Gasteiger partial charge on any atom is -0.496 e. The molecule has 1 N–H and O–H groups in total. The van der Waals surface area contributed by atoms with Crippen molar-refractivity contribution < 1.29 is 28.6 Å². The zero-order valence-electron chi connectivity index (χ0n) is 15.0. The molecule has 0 radical (unpaired) electrons. The van der Waals surface area contributed by atoms with Gasteiger partial charge in [0.2, 0.25) is 0 Å². The Morgan fingerprint density at radius 2 is 1.70 bits per heavy atom. The number of carbonyl (C=O) groups excluding carboxylic acids is 2. The lowest BCUT2D eigenvalue weighted by Crippen LogP contribution is -2.14. The van der Waals surface area contributed by atoms with E-state index in [1.165, 1.54) is 14.2 Å². The molecule has 27 heavy (non-hydrogen) atoms. The summed E-state index contributed by atoms with van der Waals surface area (Å²) in [5.41, 5.74) is 10.0. The van der Waals surface area contributed by atoms with Crippen molar-refractivity contribution in [2.75, 3.05) is 26.1 Å². The molecular formula is C19H19N3O5. The predicted octanol–water partition coefficient (Wildman–Crippen LogP) is 2.34. The molecule has 0 bridgehead atoms. The maximum Gasteiger partial charge on any atom is 0.413 e. The van der Waals surface area contributed by atoms with Crippen LogP contribution in [0, 0.1) is 0 Å². The highest BCUT2D eigenvalue weighted by Gasteiger charge is 2.18. The number of benzene rings is 2. The van der Waals surface area contributed by atoms with Gasteiger partial charge < -0.3 is 25.1 Å². The van der Waals surface area contributed by atoms with Crippen LogP contribution >= 0.6 is 0 Å². The lowest BCUT2D eigenvalue weighted by Gasteiger charge is -2.13. The van der Waals surface area contributed by atoms with Gasteiger partial charge in [-0.3, -0.25) is 4.79 Å². The van der Waals surface area contributed by atoms with E-state index < -0.39 is 5.97 Å². The molecule has 8 nitrogen and oxygen atoms in total. The molecule has 0 spiro atoms. The largest absolute Gasteiger partial charge is 0.496 e. The van der Waals surface area contributed by atoms with E-state index in [1.54, 1.807) is 30.3 Å². The van der Waals surface area contributed by atoms with Crippen LogP contribution in [0.4, 0.5) is 5.69 Å². The van der Waals surface area contributed by atoms with Crippen LogP contribution in [-0.2, 0) is 16.0 Å². The van der Waals surface area contributed by atoms with E-state index in [9.17, 15) is 9.59 Å². The first-order valence-electron chi connectivity index (χ1n) is 8.04. The van der Waals surface area contributed by atoms with Crippen LogP contribution in [0.2, 0.25) is 0 Å². The van der Waals surface area contributed by atoms with Gasteiger partial charge in [0.15, 0.2) is 0 Å². The van der Waals surface area contributed by atoms with Crippen LogP contribution in [0.5, 0.6) is 11.5 Å². The quantitative estimate of drug-likeness (QED) is 0.332. The smallest absolute Gasteiger partial charge is 0.413 e. The summed E-state index contributed by atoms with van der Waals surface area (Å²) in [6.45, 7) is 0.148. The third kappa shape index (κ3) is 5.42. The number of nitrogens with one attached hydrogen (secondary N) is 1. The molecule has 0 saturated carbocycles. The molecule has 0 fully saturated rings. The average molecular weight is 369 g/mol. The van der Waals surface area contributed by atoms with Gasteiger partial charge in [-0.2, -0.15) is 4.79 Å². The molecule has 0 saturated heterocycles. The average Bonchev–Trinajstić information content (AvgIpc) is 2.68. The van der Waals surface area contributed by atoms with Crippen LogP contribution in [0.15, 0.2) is 42.5 Å². The van der Waals surface area contributed by atoms with Crippen molar-refractivity contribution in [2.24, 2.45) is 0 Å². The Morgan fingerprint density at radius 1 is 1.07 bits per heavy atom. The fraction of sp³-hybridized carbons (Fsp3) is 0.211. The highest BCUT2D eigenvalue weighted by molar-refractivity contribution is 6.20. The number of amides is 1. The number of methoxy groups -OCH3 is 2. The third-order valence-electron chi connectivity index (χ3n) is 3.66. The number of carbonyl (C=O) groups is 2. The van der Waals surface area contributed by atoms with Crippen molar-refractivity contribution in [2.45, 2.75) is 6.42 Å². The Labute approximate surface area is 156 Å². The molecular weight excluding hydrogens is 350 g/mol.